The second-order valence-electron chi connectivity index (χ2n) is 6.85. The van der Waals surface area contributed by atoms with Crippen molar-refractivity contribution in [2.45, 2.75) is 17.7 Å². The summed E-state index contributed by atoms with van der Waals surface area (Å²) in [5.74, 6) is 0.358. The molecule has 2 aliphatic heterocycles. The third kappa shape index (κ3) is 5.03. The molecule has 8 heteroatoms. The molecule has 0 radical (unpaired) electrons. The van der Waals surface area contributed by atoms with Crippen molar-refractivity contribution in [2.24, 2.45) is 5.92 Å². The molecule has 0 spiro atoms. The van der Waals surface area contributed by atoms with E-state index in [1.807, 2.05) is 6.07 Å². The van der Waals surface area contributed by atoms with E-state index < -0.39 is 10.0 Å². The van der Waals surface area contributed by atoms with Crippen LogP contribution in [0.4, 0.5) is 0 Å². The summed E-state index contributed by atoms with van der Waals surface area (Å²) in [6.45, 7) is 4.98. The maximum atomic E-state index is 12.6. The lowest BCUT2D eigenvalue weighted by Gasteiger charge is -2.31. The highest BCUT2D eigenvalue weighted by Crippen LogP contribution is 2.23. The van der Waals surface area contributed by atoms with Crippen LogP contribution in [-0.4, -0.2) is 76.0 Å². The molecule has 1 N–H and O–H groups in total. The van der Waals surface area contributed by atoms with E-state index in [4.69, 9.17) is 4.74 Å². The molecule has 2 saturated heterocycles. The van der Waals surface area contributed by atoms with Crippen LogP contribution < -0.4 is 5.32 Å². The summed E-state index contributed by atoms with van der Waals surface area (Å²) in [5.41, 5.74) is 0. The summed E-state index contributed by atoms with van der Waals surface area (Å²) < 4.78 is 32.1. The number of amides is 1. The minimum Gasteiger partial charge on any atom is -0.379 e. The Kier molecular flexibility index (Phi) is 6.63. The van der Waals surface area contributed by atoms with Crippen molar-refractivity contribution in [3.05, 3.63) is 30.3 Å². The molecular formula is C18H27N3O4S. The molecule has 0 aromatic heterocycles. The summed E-state index contributed by atoms with van der Waals surface area (Å²) in [6.07, 6.45) is 1.54. The zero-order valence-corrected chi connectivity index (χ0v) is 15.8. The minimum absolute atomic E-state index is 0.0336. The van der Waals surface area contributed by atoms with E-state index in [0.29, 0.717) is 50.2 Å². The van der Waals surface area contributed by atoms with Gasteiger partial charge in [0.15, 0.2) is 0 Å². The van der Waals surface area contributed by atoms with Gasteiger partial charge in [0.25, 0.3) is 0 Å². The molecule has 1 amide bonds. The average Bonchev–Trinajstić information content (AvgIpc) is 2.68. The van der Waals surface area contributed by atoms with E-state index in [0.717, 1.165) is 25.9 Å². The molecule has 0 aliphatic carbocycles. The third-order valence-electron chi connectivity index (χ3n) is 5.01. The van der Waals surface area contributed by atoms with Crippen LogP contribution in [-0.2, 0) is 19.6 Å². The maximum absolute atomic E-state index is 12.6. The minimum atomic E-state index is -3.41. The van der Waals surface area contributed by atoms with Gasteiger partial charge >= 0.3 is 0 Å². The largest absolute Gasteiger partial charge is 0.379 e. The molecule has 2 heterocycles. The Hall–Kier alpha value is -1.48. The normalized spacial score (nSPS) is 20.8. The van der Waals surface area contributed by atoms with Crippen LogP contribution in [0.1, 0.15) is 12.8 Å². The van der Waals surface area contributed by atoms with Crippen molar-refractivity contribution < 1.29 is 17.9 Å². The van der Waals surface area contributed by atoms with Crippen molar-refractivity contribution >= 4 is 15.9 Å². The molecule has 2 fully saturated rings. The van der Waals surface area contributed by atoms with Gasteiger partial charge in [-0.05, 0) is 30.9 Å². The predicted octanol–water partition coefficient (Wildman–Crippen LogP) is 0.536. The van der Waals surface area contributed by atoms with Gasteiger partial charge in [-0.25, -0.2) is 8.42 Å². The summed E-state index contributed by atoms with van der Waals surface area (Å²) >= 11 is 0. The summed E-state index contributed by atoms with van der Waals surface area (Å²) in [7, 11) is -3.41. The van der Waals surface area contributed by atoms with Gasteiger partial charge in [-0.1, -0.05) is 18.2 Å². The molecule has 144 valence electrons. The molecular weight excluding hydrogens is 354 g/mol. The average molecular weight is 381 g/mol. The number of rotatable bonds is 6. The van der Waals surface area contributed by atoms with Gasteiger partial charge in [0, 0.05) is 32.7 Å². The number of carbonyl (C=O) groups excluding carboxylic acids is 1. The number of benzene rings is 1. The van der Waals surface area contributed by atoms with Gasteiger partial charge in [0.05, 0.1) is 24.7 Å². The van der Waals surface area contributed by atoms with Crippen molar-refractivity contribution in [2.75, 3.05) is 52.5 Å². The number of sulfonamides is 1. The Bertz CT molecular complexity index is 682. The first-order valence-corrected chi connectivity index (χ1v) is 10.6. The second kappa shape index (κ2) is 8.94. The maximum Gasteiger partial charge on any atom is 0.243 e. The number of morpholine rings is 1. The molecule has 3 rings (SSSR count). The van der Waals surface area contributed by atoms with E-state index in [9.17, 15) is 13.2 Å². The standard InChI is InChI=1S/C18H27N3O4S/c22-18(15-20-10-12-25-13-11-20)19-14-16-6-8-21(9-7-16)26(23,24)17-4-2-1-3-5-17/h1-5,16H,6-15H2,(H,19,22). The lowest BCUT2D eigenvalue weighted by Crippen LogP contribution is -2.45. The smallest absolute Gasteiger partial charge is 0.243 e. The summed E-state index contributed by atoms with van der Waals surface area (Å²) in [6, 6.07) is 8.55. The Morgan fingerprint density at radius 1 is 1.08 bits per heavy atom. The zero-order chi connectivity index (χ0) is 18.4. The Morgan fingerprint density at radius 3 is 2.38 bits per heavy atom. The number of carbonyl (C=O) groups is 1. The quantitative estimate of drug-likeness (QED) is 0.778. The predicted molar refractivity (Wildman–Crippen MR) is 98.2 cm³/mol. The topological polar surface area (TPSA) is 79.0 Å². The van der Waals surface area contributed by atoms with Crippen LogP contribution >= 0.6 is 0 Å². The van der Waals surface area contributed by atoms with E-state index in [-0.39, 0.29) is 5.91 Å². The number of hydrogen-bond donors (Lipinski definition) is 1. The fourth-order valence-electron chi connectivity index (χ4n) is 3.37. The first kappa shape index (κ1) is 19.3. The van der Waals surface area contributed by atoms with Crippen LogP contribution in [0.15, 0.2) is 35.2 Å². The second-order valence-corrected chi connectivity index (χ2v) is 8.79. The number of nitrogens with zero attached hydrogens (tertiary/aromatic N) is 2. The SMILES string of the molecule is O=C(CN1CCOCC1)NCC1CCN(S(=O)(=O)c2ccccc2)CC1. The molecule has 0 unspecified atom stereocenters. The molecule has 1 aromatic rings. The first-order valence-electron chi connectivity index (χ1n) is 9.18. The van der Waals surface area contributed by atoms with E-state index in [1.165, 1.54) is 0 Å². The van der Waals surface area contributed by atoms with E-state index in [2.05, 4.69) is 10.2 Å². The molecule has 0 saturated carbocycles. The highest BCUT2D eigenvalue weighted by Gasteiger charge is 2.29. The van der Waals surface area contributed by atoms with E-state index >= 15 is 0 Å². The summed E-state index contributed by atoms with van der Waals surface area (Å²) in [4.78, 5) is 14.5. The van der Waals surface area contributed by atoms with Crippen molar-refractivity contribution in [3.63, 3.8) is 0 Å². The van der Waals surface area contributed by atoms with Crippen LogP contribution in [0.25, 0.3) is 0 Å². The van der Waals surface area contributed by atoms with Gasteiger partial charge in [0.1, 0.15) is 0 Å². The van der Waals surface area contributed by atoms with Gasteiger partial charge in [0.2, 0.25) is 15.9 Å². The summed E-state index contributed by atoms with van der Waals surface area (Å²) in [5, 5.41) is 3.00. The van der Waals surface area contributed by atoms with Crippen LogP contribution in [0.3, 0.4) is 0 Å². The highest BCUT2D eigenvalue weighted by atomic mass is 32.2. The molecule has 0 atom stereocenters. The van der Waals surface area contributed by atoms with Crippen LogP contribution in [0.5, 0.6) is 0 Å². The lowest BCUT2D eigenvalue weighted by molar-refractivity contribution is -0.123. The van der Waals surface area contributed by atoms with Crippen LogP contribution in [0, 0.1) is 5.92 Å². The van der Waals surface area contributed by atoms with Gasteiger partial charge in [-0.3, -0.25) is 9.69 Å². The third-order valence-corrected chi connectivity index (χ3v) is 6.93. The molecule has 7 nitrogen and oxygen atoms in total. The monoisotopic (exact) mass is 381 g/mol. The molecule has 26 heavy (non-hydrogen) atoms. The Balaban J connectivity index is 1.42. The number of nitrogens with one attached hydrogen (secondary N) is 1. The van der Waals surface area contributed by atoms with E-state index in [1.54, 1.807) is 28.6 Å². The fourth-order valence-corrected chi connectivity index (χ4v) is 4.86. The number of piperidine rings is 1. The molecule has 2 aliphatic rings. The van der Waals surface area contributed by atoms with Gasteiger partial charge in [-0.15, -0.1) is 0 Å². The Morgan fingerprint density at radius 2 is 1.73 bits per heavy atom. The zero-order valence-electron chi connectivity index (χ0n) is 15.0. The van der Waals surface area contributed by atoms with Crippen molar-refractivity contribution in [1.82, 2.24) is 14.5 Å². The first-order chi connectivity index (χ1) is 12.6. The number of hydrogen-bond acceptors (Lipinski definition) is 5. The van der Waals surface area contributed by atoms with Crippen molar-refractivity contribution in [1.29, 1.82) is 0 Å². The highest BCUT2D eigenvalue weighted by molar-refractivity contribution is 7.89. The van der Waals surface area contributed by atoms with Gasteiger partial charge in [-0.2, -0.15) is 4.31 Å². The number of ether oxygens (including phenoxy) is 1. The van der Waals surface area contributed by atoms with Crippen molar-refractivity contribution in [3.8, 4) is 0 Å². The lowest BCUT2D eigenvalue weighted by atomic mass is 9.98. The molecule has 1 aromatic carbocycles. The fraction of sp³-hybridized carbons (Fsp3) is 0.611. The van der Waals surface area contributed by atoms with Gasteiger partial charge < -0.3 is 10.1 Å². The molecule has 0 bridgehead atoms. The van der Waals surface area contributed by atoms with Crippen LogP contribution in [0.2, 0.25) is 0 Å². The Labute approximate surface area is 155 Å².